The van der Waals surface area contributed by atoms with E-state index in [0.29, 0.717) is 0 Å². The third-order valence-corrected chi connectivity index (χ3v) is 4.80. The Morgan fingerprint density at radius 3 is 2.50 bits per heavy atom. The minimum Gasteiger partial charge on any atom is -0.478 e. The maximum atomic E-state index is 10.5. The topological polar surface area (TPSA) is 40.5 Å². The number of carbonyl (C=O) groups is 1. The SMILES string of the molecule is CN(Cc1ccc(Cl)s1)Cc1ccc(C=CC(=O)O)s1. The van der Waals surface area contributed by atoms with Gasteiger partial charge in [0.1, 0.15) is 0 Å². The molecular formula is C14H14ClNO2S2. The van der Waals surface area contributed by atoms with E-state index in [1.54, 1.807) is 28.7 Å². The van der Waals surface area contributed by atoms with Gasteiger partial charge in [-0.05, 0) is 37.4 Å². The highest BCUT2D eigenvalue weighted by Gasteiger charge is 2.06. The van der Waals surface area contributed by atoms with Crippen LogP contribution >= 0.6 is 34.3 Å². The molecular weight excluding hydrogens is 314 g/mol. The van der Waals surface area contributed by atoms with E-state index in [2.05, 4.69) is 11.9 Å². The molecule has 0 aliphatic heterocycles. The Bertz CT molecular complexity index is 618. The molecule has 6 heteroatoms. The van der Waals surface area contributed by atoms with Gasteiger partial charge in [0.15, 0.2) is 0 Å². The van der Waals surface area contributed by atoms with E-state index in [9.17, 15) is 4.79 Å². The fraction of sp³-hybridized carbons (Fsp3) is 0.214. The molecule has 0 unspecified atom stereocenters. The summed E-state index contributed by atoms with van der Waals surface area (Å²) in [6, 6.07) is 7.92. The van der Waals surface area contributed by atoms with Crippen molar-refractivity contribution >= 4 is 46.3 Å². The van der Waals surface area contributed by atoms with Gasteiger partial charge in [0.05, 0.1) is 4.34 Å². The first-order valence-electron chi connectivity index (χ1n) is 5.95. The molecule has 0 bridgehead atoms. The van der Waals surface area contributed by atoms with E-state index in [1.807, 2.05) is 24.3 Å². The Balaban J connectivity index is 1.91. The normalized spacial score (nSPS) is 11.6. The van der Waals surface area contributed by atoms with Crippen LogP contribution in [0.25, 0.3) is 6.08 Å². The fourth-order valence-corrected chi connectivity index (χ4v) is 3.91. The third kappa shape index (κ3) is 4.76. The molecule has 0 atom stereocenters. The van der Waals surface area contributed by atoms with Crippen molar-refractivity contribution in [2.24, 2.45) is 0 Å². The third-order valence-electron chi connectivity index (χ3n) is 2.55. The molecule has 0 aliphatic rings. The van der Waals surface area contributed by atoms with Crippen LogP contribution in [-0.4, -0.2) is 23.0 Å². The average Bonchev–Trinajstić information content (AvgIpc) is 2.96. The number of aliphatic carboxylic acids is 1. The molecule has 0 aliphatic carbocycles. The van der Waals surface area contributed by atoms with E-state index in [4.69, 9.17) is 16.7 Å². The molecule has 0 saturated carbocycles. The molecule has 0 amide bonds. The van der Waals surface area contributed by atoms with Gasteiger partial charge in [-0.25, -0.2) is 4.79 Å². The molecule has 0 spiro atoms. The predicted molar refractivity (Wildman–Crippen MR) is 85.5 cm³/mol. The Morgan fingerprint density at radius 2 is 1.90 bits per heavy atom. The number of nitrogens with zero attached hydrogens (tertiary/aromatic N) is 1. The van der Waals surface area contributed by atoms with Crippen LogP contribution in [0, 0.1) is 0 Å². The Labute approximate surface area is 130 Å². The van der Waals surface area contributed by atoms with Gasteiger partial charge in [0.2, 0.25) is 0 Å². The molecule has 3 nitrogen and oxygen atoms in total. The lowest BCUT2D eigenvalue weighted by Gasteiger charge is -2.14. The van der Waals surface area contributed by atoms with Crippen LogP contribution in [0.5, 0.6) is 0 Å². The molecule has 0 fully saturated rings. The number of hydrogen-bond acceptors (Lipinski definition) is 4. The Hall–Kier alpha value is -1.14. The summed E-state index contributed by atoms with van der Waals surface area (Å²) >= 11 is 9.11. The molecule has 0 saturated heterocycles. The molecule has 2 aromatic rings. The smallest absolute Gasteiger partial charge is 0.328 e. The zero-order valence-corrected chi connectivity index (χ0v) is 13.3. The van der Waals surface area contributed by atoms with E-state index >= 15 is 0 Å². The van der Waals surface area contributed by atoms with Crippen LogP contribution in [0.2, 0.25) is 4.34 Å². The van der Waals surface area contributed by atoms with E-state index in [0.717, 1.165) is 28.4 Å². The fourth-order valence-electron chi connectivity index (χ4n) is 1.75. The average molecular weight is 328 g/mol. The van der Waals surface area contributed by atoms with Crippen molar-refractivity contribution in [1.29, 1.82) is 0 Å². The minimum absolute atomic E-state index is 0.811. The summed E-state index contributed by atoms with van der Waals surface area (Å²) < 4.78 is 0.811. The van der Waals surface area contributed by atoms with Crippen LogP contribution in [-0.2, 0) is 17.9 Å². The number of hydrogen-bond donors (Lipinski definition) is 1. The van der Waals surface area contributed by atoms with Crippen LogP contribution in [0.4, 0.5) is 0 Å². The van der Waals surface area contributed by atoms with E-state index in [-0.39, 0.29) is 0 Å². The van der Waals surface area contributed by atoms with Crippen molar-refractivity contribution < 1.29 is 9.90 Å². The monoisotopic (exact) mass is 327 g/mol. The van der Waals surface area contributed by atoms with Gasteiger partial charge < -0.3 is 5.11 Å². The van der Waals surface area contributed by atoms with Crippen LogP contribution in [0.15, 0.2) is 30.3 Å². The zero-order chi connectivity index (χ0) is 14.5. The molecule has 106 valence electrons. The Kier molecular flexibility index (Phi) is 5.37. The number of carboxylic acid groups (broad SMARTS) is 1. The van der Waals surface area contributed by atoms with Crippen molar-refractivity contribution in [1.82, 2.24) is 4.90 Å². The lowest BCUT2D eigenvalue weighted by atomic mass is 10.3. The molecule has 1 N–H and O–H groups in total. The van der Waals surface area contributed by atoms with Crippen molar-refractivity contribution in [3.8, 4) is 0 Å². The second-order valence-corrected chi connectivity index (χ2v) is 7.35. The summed E-state index contributed by atoms with van der Waals surface area (Å²) in [7, 11) is 2.06. The molecule has 20 heavy (non-hydrogen) atoms. The Morgan fingerprint density at radius 1 is 1.25 bits per heavy atom. The number of carboxylic acids is 1. The van der Waals surface area contributed by atoms with Crippen LogP contribution in [0.3, 0.4) is 0 Å². The first kappa shape index (κ1) is 15.3. The standard InChI is InChI=1S/C14H14ClNO2S2/c1-16(9-12-4-6-13(15)20-12)8-11-3-2-10(19-11)5-7-14(17)18/h2-7H,8-9H2,1H3,(H,17,18). The molecule has 2 aromatic heterocycles. The predicted octanol–water partition coefficient (Wildman–Crippen LogP) is 4.19. The summed E-state index contributed by atoms with van der Waals surface area (Å²) in [5.41, 5.74) is 0. The number of rotatable bonds is 6. The van der Waals surface area contributed by atoms with Crippen LogP contribution < -0.4 is 0 Å². The van der Waals surface area contributed by atoms with Crippen molar-refractivity contribution in [3.63, 3.8) is 0 Å². The second kappa shape index (κ2) is 7.04. The highest BCUT2D eigenvalue weighted by atomic mass is 35.5. The second-order valence-electron chi connectivity index (χ2n) is 4.35. The van der Waals surface area contributed by atoms with Gasteiger partial charge in [0.25, 0.3) is 0 Å². The summed E-state index contributed by atoms with van der Waals surface area (Å²) in [4.78, 5) is 16.1. The zero-order valence-electron chi connectivity index (χ0n) is 10.9. The quantitative estimate of drug-likeness (QED) is 0.809. The van der Waals surface area contributed by atoms with E-state index < -0.39 is 5.97 Å². The van der Waals surface area contributed by atoms with Gasteiger partial charge in [0, 0.05) is 33.8 Å². The largest absolute Gasteiger partial charge is 0.478 e. The lowest BCUT2D eigenvalue weighted by molar-refractivity contribution is -0.131. The minimum atomic E-state index is -0.924. The lowest BCUT2D eigenvalue weighted by Crippen LogP contribution is -2.15. The van der Waals surface area contributed by atoms with Crippen LogP contribution in [0.1, 0.15) is 14.6 Å². The number of halogens is 1. The maximum Gasteiger partial charge on any atom is 0.328 e. The molecule has 0 radical (unpaired) electrons. The van der Waals surface area contributed by atoms with E-state index in [1.165, 1.54) is 9.75 Å². The molecule has 0 aromatic carbocycles. The molecule has 2 rings (SSSR count). The summed E-state index contributed by atoms with van der Waals surface area (Å²) in [6.07, 6.45) is 2.78. The van der Waals surface area contributed by atoms with Gasteiger partial charge in [-0.1, -0.05) is 11.6 Å². The maximum absolute atomic E-state index is 10.5. The first-order valence-corrected chi connectivity index (χ1v) is 7.96. The highest BCUT2D eigenvalue weighted by molar-refractivity contribution is 7.16. The highest BCUT2D eigenvalue weighted by Crippen LogP contribution is 2.24. The van der Waals surface area contributed by atoms with Crippen molar-refractivity contribution in [2.45, 2.75) is 13.1 Å². The van der Waals surface area contributed by atoms with Crippen molar-refractivity contribution in [2.75, 3.05) is 7.05 Å². The summed E-state index contributed by atoms with van der Waals surface area (Å²) in [5, 5.41) is 8.59. The molecule has 2 heterocycles. The summed E-state index contributed by atoms with van der Waals surface area (Å²) in [6.45, 7) is 1.69. The first-order chi connectivity index (χ1) is 9.52. The summed E-state index contributed by atoms with van der Waals surface area (Å²) in [5.74, 6) is -0.924. The van der Waals surface area contributed by atoms with Gasteiger partial charge >= 0.3 is 5.97 Å². The van der Waals surface area contributed by atoms with Gasteiger partial charge in [-0.15, -0.1) is 22.7 Å². The van der Waals surface area contributed by atoms with Gasteiger partial charge in [-0.3, -0.25) is 4.90 Å². The van der Waals surface area contributed by atoms with Crippen molar-refractivity contribution in [3.05, 3.63) is 49.3 Å². The number of thiophene rings is 2. The van der Waals surface area contributed by atoms with Gasteiger partial charge in [-0.2, -0.15) is 0 Å².